The molecule has 2 heterocycles. The largest absolute Gasteiger partial charge is 0.369 e. The van der Waals surface area contributed by atoms with Crippen molar-refractivity contribution >= 4 is 17.6 Å². The van der Waals surface area contributed by atoms with E-state index < -0.39 is 5.66 Å². The Labute approximate surface area is 139 Å². The van der Waals surface area contributed by atoms with Crippen LogP contribution in [0.25, 0.3) is 5.69 Å². The molecule has 8 heteroatoms. The molecule has 1 aliphatic carbocycles. The quantitative estimate of drug-likeness (QED) is 0.867. The van der Waals surface area contributed by atoms with Gasteiger partial charge in [-0.15, -0.1) is 0 Å². The van der Waals surface area contributed by atoms with Crippen LogP contribution >= 0.6 is 0 Å². The second-order valence-corrected chi connectivity index (χ2v) is 6.16. The van der Waals surface area contributed by atoms with E-state index in [2.05, 4.69) is 20.2 Å². The molecule has 8 nitrogen and oxygen atoms in total. The molecule has 2 aliphatic rings. The summed E-state index contributed by atoms with van der Waals surface area (Å²) in [7, 11) is 0. The van der Waals surface area contributed by atoms with Gasteiger partial charge in [-0.3, -0.25) is 4.90 Å². The molecule has 124 valence electrons. The van der Waals surface area contributed by atoms with Crippen LogP contribution in [0.3, 0.4) is 0 Å². The molecule has 1 aromatic heterocycles. The second-order valence-electron chi connectivity index (χ2n) is 6.16. The zero-order chi connectivity index (χ0) is 16.6. The maximum atomic E-state index is 6.25. The molecule has 1 aromatic carbocycles. The molecule has 0 saturated heterocycles. The minimum Gasteiger partial charge on any atom is -0.369 e. The summed E-state index contributed by atoms with van der Waals surface area (Å²) in [5, 5.41) is 8.37. The summed E-state index contributed by atoms with van der Waals surface area (Å²) in [6.07, 6.45) is 8.53. The van der Waals surface area contributed by atoms with Gasteiger partial charge in [-0.05, 0) is 43.9 Å². The van der Waals surface area contributed by atoms with Gasteiger partial charge in [0.1, 0.15) is 5.66 Å². The molecule has 0 bridgehead atoms. The first-order chi connectivity index (χ1) is 11.7. The molecule has 0 amide bonds. The molecule has 0 unspecified atom stereocenters. The number of guanidine groups is 2. The Kier molecular flexibility index (Phi) is 3.44. The van der Waals surface area contributed by atoms with E-state index in [0.29, 0.717) is 5.96 Å². The van der Waals surface area contributed by atoms with E-state index in [0.717, 1.165) is 37.1 Å². The lowest BCUT2D eigenvalue weighted by molar-refractivity contribution is 0.305. The lowest BCUT2D eigenvalue weighted by Gasteiger charge is -2.45. The number of rotatable bonds is 2. The summed E-state index contributed by atoms with van der Waals surface area (Å²) >= 11 is 0. The number of nitrogens with zero attached hydrogens (tertiary/aromatic N) is 6. The average Bonchev–Trinajstić information content (AvgIpc) is 3.09. The van der Waals surface area contributed by atoms with Crippen LogP contribution in [-0.2, 0) is 0 Å². The third-order valence-corrected chi connectivity index (χ3v) is 4.59. The fourth-order valence-corrected chi connectivity index (χ4v) is 3.60. The Balaban J connectivity index is 1.79. The first kappa shape index (κ1) is 14.7. The average molecular weight is 324 g/mol. The lowest BCUT2D eigenvalue weighted by atomic mass is 9.87. The van der Waals surface area contributed by atoms with Gasteiger partial charge in [0, 0.05) is 5.69 Å². The van der Waals surface area contributed by atoms with Gasteiger partial charge in [0.25, 0.3) is 0 Å². The smallest absolute Gasteiger partial charge is 0.220 e. The third kappa shape index (κ3) is 2.40. The third-order valence-electron chi connectivity index (χ3n) is 4.59. The molecule has 4 rings (SSSR count). The highest BCUT2D eigenvalue weighted by atomic mass is 15.5. The van der Waals surface area contributed by atoms with Gasteiger partial charge < -0.3 is 11.5 Å². The van der Waals surface area contributed by atoms with Crippen LogP contribution in [0.1, 0.15) is 32.1 Å². The first-order valence-corrected chi connectivity index (χ1v) is 8.14. The Hall–Kier alpha value is -2.90. The molecule has 0 atom stereocenters. The maximum absolute atomic E-state index is 6.25. The van der Waals surface area contributed by atoms with Crippen LogP contribution in [0.5, 0.6) is 0 Å². The van der Waals surface area contributed by atoms with Crippen LogP contribution < -0.4 is 16.4 Å². The van der Waals surface area contributed by atoms with Crippen molar-refractivity contribution in [1.29, 1.82) is 0 Å². The van der Waals surface area contributed by atoms with Gasteiger partial charge in [-0.2, -0.15) is 20.0 Å². The number of nitrogens with two attached hydrogens (primary N) is 2. The van der Waals surface area contributed by atoms with Gasteiger partial charge in [0.05, 0.1) is 18.1 Å². The van der Waals surface area contributed by atoms with E-state index in [9.17, 15) is 0 Å². The summed E-state index contributed by atoms with van der Waals surface area (Å²) < 4.78 is 0. The first-order valence-electron chi connectivity index (χ1n) is 8.14. The second kappa shape index (κ2) is 5.63. The van der Waals surface area contributed by atoms with Crippen LogP contribution in [0.4, 0.5) is 5.69 Å². The highest BCUT2D eigenvalue weighted by Crippen LogP contribution is 2.39. The van der Waals surface area contributed by atoms with Crippen molar-refractivity contribution in [3.8, 4) is 5.69 Å². The summed E-state index contributed by atoms with van der Waals surface area (Å²) in [6.45, 7) is 0. The molecule has 1 saturated carbocycles. The van der Waals surface area contributed by atoms with Crippen molar-refractivity contribution in [1.82, 2.24) is 15.0 Å². The highest BCUT2D eigenvalue weighted by Gasteiger charge is 2.42. The van der Waals surface area contributed by atoms with Crippen molar-refractivity contribution in [2.75, 3.05) is 4.90 Å². The van der Waals surface area contributed by atoms with Crippen molar-refractivity contribution < 1.29 is 0 Å². The van der Waals surface area contributed by atoms with Crippen LogP contribution in [-0.4, -0.2) is 32.6 Å². The van der Waals surface area contributed by atoms with E-state index >= 15 is 0 Å². The molecule has 1 spiro atoms. The Morgan fingerprint density at radius 2 is 1.67 bits per heavy atom. The standard InChI is InChI=1S/C16H20N8/c17-14-21-15(18)23(16(22-14)7-2-1-3-8-16)12-5-4-6-13(11-12)24-19-9-10-20-24/h4-6,9-11H,1-3,7-8H2,(H4,17,18,21,22). The predicted octanol–water partition coefficient (Wildman–Crippen LogP) is 1.38. The van der Waals surface area contributed by atoms with Crippen molar-refractivity contribution in [2.24, 2.45) is 21.5 Å². The number of hydrogen-bond acceptors (Lipinski definition) is 7. The normalized spacial score (nSPS) is 19.9. The molecule has 1 aliphatic heterocycles. The van der Waals surface area contributed by atoms with Crippen molar-refractivity contribution in [2.45, 2.75) is 37.8 Å². The van der Waals surface area contributed by atoms with Crippen LogP contribution in [0.15, 0.2) is 46.6 Å². The summed E-state index contributed by atoms with van der Waals surface area (Å²) in [5.74, 6) is 0.644. The molecule has 0 radical (unpaired) electrons. The fourth-order valence-electron chi connectivity index (χ4n) is 3.60. The van der Waals surface area contributed by atoms with E-state index in [1.165, 1.54) is 6.42 Å². The zero-order valence-electron chi connectivity index (χ0n) is 13.3. The Morgan fingerprint density at radius 1 is 0.958 bits per heavy atom. The monoisotopic (exact) mass is 324 g/mol. The number of anilines is 1. The van der Waals surface area contributed by atoms with E-state index in [-0.39, 0.29) is 5.96 Å². The molecular formula is C16H20N8. The summed E-state index contributed by atoms with van der Waals surface area (Å²) in [5.41, 5.74) is 13.5. The van der Waals surface area contributed by atoms with E-state index in [1.54, 1.807) is 17.2 Å². The lowest BCUT2D eigenvalue weighted by Crippen LogP contribution is -2.58. The maximum Gasteiger partial charge on any atom is 0.220 e. The number of hydrogen-bond donors (Lipinski definition) is 2. The molecule has 2 aromatic rings. The molecule has 24 heavy (non-hydrogen) atoms. The SMILES string of the molecule is NC1=NC2(CCCCC2)N(c2cccc(-n3nccn3)c2)C(N)=N1. The van der Waals surface area contributed by atoms with Crippen molar-refractivity contribution in [3.63, 3.8) is 0 Å². The topological polar surface area (TPSA) is 111 Å². The Bertz CT molecular complexity index is 786. The van der Waals surface area contributed by atoms with Crippen molar-refractivity contribution in [3.05, 3.63) is 36.7 Å². The highest BCUT2D eigenvalue weighted by molar-refractivity contribution is 6.05. The number of benzene rings is 1. The van der Waals surface area contributed by atoms with Gasteiger partial charge in [0.2, 0.25) is 11.9 Å². The predicted molar refractivity (Wildman–Crippen MR) is 92.9 cm³/mol. The van der Waals surface area contributed by atoms with Gasteiger partial charge >= 0.3 is 0 Å². The van der Waals surface area contributed by atoms with E-state index in [1.807, 2.05) is 29.2 Å². The van der Waals surface area contributed by atoms with Gasteiger partial charge in [0.15, 0.2) is 0 Å². The number of aromatic nitrogens is 3. The number of aliphatic imine (C=N–C) groups is 2. The zero-order valence-corrected chi connectivity index (χ0v) is 13.3. The van der Waals surface area contributed by atoms with E-state index in [4.69, 9.17) is 11.5 Å². The molecular weight excluding hydrogens is 304 g/mol. The van der Waals surface area contributed by atoms with Gasteiger partial charge in [-0.1, -0.05) is 12.5 Å². The van der Waals surface area contributed by atoms with Crippen LogP contribution in [0.2, 0.25) is 0 Å². The Morgan fingerprint density at radius 3 is 2.42 bits per heavy atom. The van der Waals surface area contributed by atoms with Gasteiger partial charge in [-0.25, -0.2) is 4.99 Å². The summed E-state index contributed by atoms with van der Waals surface area (Å²) in [6, 6.07) is 7.91. The minimum atomic E-state index is -0.440. The van der Waals surface area contributed by atoms with Crippen LogP contribution in [0, 0.1) is 0 Å². The summed E-state index contributed by atoms with van der Waals surface area (Å²) in [4.78, 5) is 12.5. The minimum absolute atomic E-state index is 0.260. The fraction of sp³-hybridized carbons (Fsp3) is 0.375. The molecule has 4 N–H and O–H groups in total. The molecule has 1 fully saturated rings.